The summed E-state index contributed by atoms with van der Waals surface area (Å²) in [4.78, 5) is 0. The monoisotopic (exact) mass is 275 g/mol. The van der Waals surface area contributed by atoms with Crippen molar-refractivity contribution in [2.45, 2.75) is 58.5 Å². The van der Waals surface area contributed by atoms with E-state index in [9.17, 15) is 0 Å². The van der Waals surface area contributed by atoms with Crippen LogP contribution in [0.3, 0.4) is 0 Å². The highest BCUT2D eigenvalue weighted by atomic mass is 16.5. The Morgan fingerprint density at radius 1 is 1.30 bits per heavy atom. The van der Waals surface area contributed by atoms with E-state index in [-0.39, 0.29) is 0 Å². The van der Waals surface area contributed by atoms with Crippen LogP contribution in [0.2, 0.25) is 0 Å². The van der Waals surface area contributed by atoms with Gasteiger partial charge in [-0.05, 0) is 49.8 Å². The SMILES string of the molecule is CCC1CCCC(Oc2ccc(C/C(C)=N/O)cc2)C1. The van der Waals surface area contributed by atoms with E-state index < -0.39 is 0 Å². The Kier molecular flexibility index (Phi) is 5.45. The molecule has 1 fully saturated rings. The molecule has 2 rings (SSSR count). The van der Waals surface area contributed by atoms with Gasteiger partial charge in [0.1, 0.15) is 5.75 Å². The molecule has 1 aliphatic carbocycles. The lowest BCUT2D eigenvalue weighted by Gasteiger charge is -2.29. The number of nitrogens with zero attached hydrogens (tertiary/aromatic N) is 1. The average molecular weight is 275 g/mol. The predicted molar refractivity (Wildman–Crippen MR) is 81.7 cm³/mol. The molecule has 1 aliphatic rings. The van der Waals surface area contributed by atoms with E-state index in [0.717, 1.165) is 22.9 Å². The molecule has 20 heavy (non-hydrogen) atoms. The van der Waals surface area contributed by atoms with Crippen molar-refractivity contribution < 1.29 is 9.94 Å². The smallest absolute Gasteiger partial charge is 0.119 e. The first kappa shape index (κ1) is 14.9. The van der Waals surface area contributed by atoms with Crippen molar-refractivity contribution in [1.29, 1.82) is 0 Å². The van der Waals surface area contributed by atoms with Crippen LogP contribution >= 0.6 is 0 Å². The zero-order valence-corrected chi connectivity index (χ0v) is 12.5. The fourth-order valence-corrected chi connectivity index (χ4v) is 2.93. The summed E-state index contributed by atoms with van der Waals surface area (Å²) in [5.74, 6) is 1.78. The molecule has 1 N–H and O–H groups in total. The summed E-state index contributed by atoms with van der Waals surface area (Å²) in [5, 5.41) is 11.9. The lowest BCUT2D eigenvalue weighted by molar-refractivity contribution is 0.122. The molecule has 3 nitrogen and oxygen atoms in total. The summed E-state index contributed by atoms with van der Waals surface area (Å²) < 4.78 is 6.09. The van der Waals surface area contributed by atoms with E-state index >= 15 is 0 Å². The molecule has 0 heterocycles. The standard InChI is InChI=1S/C17H25NO2/c1-3-14-5-4-6-17(12-14)20-16-9-7-15(8-10-16)11-13(2)18-19/h7-10,14,17,19H,3-6,11-12H2,1-2H3/b18-13+. The lowest BCUT2D eigenvalue weighted by atomic mass is 9.85. The van der Waals surface area contributed by atoms with Gasteiger partial charge < -0.3 is 9.94 Å². The van der Waals surface area contributed by atoms with Crippen molar-refractivity contribution >= 4 is 5.71 Å². The third-order valence-electron chi connectivity index (χ3n) is 4.17. The molecular formula is C17H25NO2. The van der Waals surface area contributed by atoms with E-state index in [2.05, 4.69) is 12.1 Å². The first-order chi connectivity index (χ1) is 9.71. The van der Waals surface area contributed by atoms with Crippen molar-refractivity contribution in [3.8, 4) is 5.75 Å². The summed E-state index contributed by atoms with van der Waals surface area (Å²) in [6.45, 7) is 4.09. The van der Waals surface area contributed by atoms with Gasteiger partial charge in [0.05, 0.1) is 11.8 Å². The van der Waals surface area contributed by atoms with Crippen LogP contribution in [0.1, 0.15) is 51.5 Å². The van der Waals surface area contributed by atoms with Gasteiger partial charge in [0, 0.05) is 6.42 Å². The van der Waals surface area contributed by atoms with Gasteiger partial charge in [-0.3, -0.25) is 0 Å². The minimum Gasteiger partial charge on any atom is -0.490 e. The van der Waals surface area contributed by atoms with E-state index in [1.807, 2.05) is 31.2 Å². The number of benzene rings is 1. The topological polar surface area (TPSA) is 41.8 Å². The summed E-state index contributed by atoms with van der Waals surface area (Å²) >= 11 is 0. The molecule has 1 aromatic rings. The lowest BCUT2D eigenvalue weighted by Crippen LogP contribution is -2.25. The van der Waals surface area contributed by atoms with Crippen molar-refractivity contribution in [3.05, 3.63) is 29.8 Å². The van der Waals surface area contributed by atoms with Crippen LogP contribution in [-0.4, -0.2) is 17.0 Å². The minimum absolute atomic E-state index is 0.375. The summed E-state index contributed by atoms with van der Waals surface area (Å²) in [6, 6.07) is 8.14. The molecule has 0 aliphatic heterocycles. The average Bonchev–Trinajstić information content (AvgIpc) is 2.49. The second kappa shape index (κ2) is 7.32. The molecule has 0 radical (unpaired) electrons. The number of rotatable bonds is 5. The van der Waals surface area contributed by atoms with Crippen molar-refractivity contribution in [2.75, 3.05) is 0 Å². The van der Waals surface area contributed by atoms with Gasteiger partial charge in [-0.15, -0.1) is 0 Å². The van der Waals surface area contributed by atoms with E-state index in [1.54, 1.807) is 0 Å². The Hall–Kier alpha value is -1.51. The second-order valence-electron chi connectivity index (χ2n) is 5.84. The normalized spacial score (nSPS) is 23.6. The van der Waals surface area contributed by atoms with E-state index in [1.165, 1.54) is 32.1 Å². The van der Waals surface area contributed by atoms with Gasteiger partial charge >= 0.3 is 0 Å². The van der Waals surface area contributed by atoms with Crippen LogP contribution in [0.5, 0.6) is 5.75 Å². The molecule has 110 valence electrons. The molecular weight excluding hydrogens is 250 g/mol. The second-order valence-corrected chi connectivity index (χ2v) is 5.84. The number of oxime groups is 1. The first-order valence-corrected chi connectivity index (χ1v) is 7.64. The molecule has 0 saturated heterocycles. The number of hydrogen-bond donors (Lipinski definition) is 1. The van der Waals surface area contributed by atoms with Gasteiger partial charge in [0.2, 0.25) is 0 Å². The molecule has 0 aromatic heterocycles. The fourth-order valence-electron chi connectivity index (χ4n) is 2.93. The van der Waals surface area contributed by atoms with E-state index in [4.69, 9.17) is 9.94 Å². The Morgan fingerprint density at radius 3 is 2.70 bits per heavy atom. The van der Waals surface area contributed by atoms with Crippen LogP contribution in [0.15, 0.2) is 29.4 Å². The molecule has 1 saturated carbocycles. The zero-order valence-electron chi connectivity index (χ0n) is 12.5. The largest absolute Gasteiger partial charge is 0.490 e. The molecule has 2 unspecified atom stereocenters. The van der Waals surface area contributed by atoms with Crippen LogP contribution < -0.4 is 4.74 Å². The Morgan fingerprint density at radius 2 is 2.05 bits per heavy atom. The highest BCUT2D eigenvalue weighted by Gasteiger charge is 2.21. The Bertz CT molecular complexity index is 439. The summed E-state index contributed by atoms with van der Waals surface area (Å²) in [7, 11) is 0. The predicted octanol–water partition coefficient (Wildman–Crippen LogP) is 4.43. The minimum atomic E-state index is 0.375. The van der Waals surface area contributed by atoms with Gasteiger partial charge in [0.15, 0.2) is 0 Å². The van der Waals surface area contributed by atoms with Crippen molar-refractivity contribution in [2.24, 2.45) is 11.1 Å². The van der Waals surface area contributed by atoms with Crippen LogP contribution in [0.25, 0.3) is 0 Å². The van der Waals surface area contributed by atoms with Crippen molar-refractivity contribution in [3.63, 3.8) is 0 Å². The maximum absolute atomic E-state index is 8.68. The van der Waals surface area contributed by atoms with E-state index in [0.29, 0.717) is 12.5 Å². The van der Waals surface area contributed by atoms with Gasteiger partial charge in [-0.1, -0.05) is 37.1 Å². The van der Waals surface area contributed by atoms with Crippen LogP contribution in [0, 0.1) is 5.92 Å². The number of hydrogen-bond acceptors (Lipinski definition) is 3. The molecule has 2 atom stereocenters. The maximum Gasteiger partial charge on any atom is 0.119 e. The fraction of sp³-hybridized carbons (Fsp3) is 0.588. The zero-order chi connectivity index (χ0) is 14.4. The quantitative estimate of drug-likeness (QED) is 0.491. The number of ether oxygens (including phenoxy) is 1. The maximum atomic E-state index is 8.68. The van der Waals surface area contributed by atoms with Crippen molar-refractivity contribution in [1.82, 2.24) is 0 Å². The van der Waals surface area contributed by atoms with Gasteiger partial charge in [-0.25, -0.2) is 0 Å². The summed E-state index contributed by atoms with van der Waals surface area (Å²) in [6.07, 6.45) is 7.32. The Balaban J connectivity index is 1.90. The highest BCUT2D eigenvalue weighted by Crippen LogP contribution is 2.29. The van der Waals surface area contributed by atoms with Gasteiger partial charge in [-0.2, -0.15) is 0 Å². The third-order valence-corrected chi connectivity index (χ3v) is 4.17. The first-order valence-electron chi connectivity index (χ1n) is 7.64. The Labute approximate surface area is 121 Å². The molecule has 0 bridgehead atoms. The van der Waals surface area contributed by atoms with Gasteiger partial charge in [0.25, 0.3) is 0 Å². The van der Waals surface area contributed by atoms with Crippen LogP contribution in [0.4, 0.5) is 0 Å². The molecule has 0 amide bonds. The highest BCUT2D eigenvalue weighted by molar-refractivity contribution is 5.83. The third kappa shape index (κ3) is 4.26. The molecule has 3 heteroatoms. The van der Waals surface area contributed by atoms with Crippen LogP contribution in [-0.2, 0) is 6.42 Å². The molecule has 1 aromatic carbocycles. The molecule has 0 spiro atoms. The summed E-state index contributed by atoms with van der Waals surface area (Å²) in [5.41, 5.74) is 1.86.